The highest BCUT2D eigenvalue weighted by atomic mass is 35.5. The molecule has 2 N–H and O–H groups in total. The lowest BCUT2D eigenvalue weighted by atomic mass is 10.2. The molecule has 1 fully saturated rings. The Hall–Kier alpha value is -1.15. The van der Waals surface area contributed by atoms with Gasteiger partial charge in [0.2, 0.25) is 10.0 Å². The Morgan fingerprint density at radius 3 is 2.78 bits per heavy atom. The van der Waals surface area contributed by atoms with E-state index < -0.39 is 16.0 Å². The molecule has 1 aromatic carbocycles. The predicted octanol–water partition coefficient (Wildman–Crippen LogP) is 1.95. The number of halogens is 1. The van der Waals surface area contributed by atoms with Crippen LogP contribution in [0.1, 0.15) is 25.7 Å². The summed E-state index contributed by atoms with van der Waals surface area (Å²) in [5.74, 6) is -0.781. The maximum absolute atomic E-state index is 12.4. The third-order valence-corrected chi connectivity index (χ3v) is 5.86. The van der Waals surface area contributed by atoms with Gasteiger partial charge in [0.25, 0.3) is 0 Å². The normalized spacial score (nSPS) is 19.1. The van der Waals surface area contributed by atoms with Crippen molar-refractivity contribution in [2.45, 2.75) is 36.6 Å². The zero-order valence-corrected chi connectivity index (χ0v) is 14.3. The van der Waals surface area contributed by atoms with Crippen LogP contribution in [0.15, 0.2) is 29.2 Å². The number of carboxylic acid groups (broad SMARTS) is 1. The fourth-order valence-corrected chi connectivity index (χ4v) is 4.47. The quantitative estimate of drug-likeness (QED) is 0.692. The monoisotopic (exact) mass is 360 g/mol. The van der Waals surface area contributed by atoms with Crippen LogP contribution >= 0.6 is 11.6 Å². The fraction of sp³-hybridized carbons (Fsp3) is 0.533. The molecule has 1 atom stereocenters. The molecule has 23 heavy (non-hydrogen) atoms. The molecule has 1 saturated heterocycles. The van der Waals surface area contributed by atoms with E-state index in [1.54, 1.807) is 18.2 Å². The highest BCUT2D eigenvalue weighted by Crippen LogP contribution is 2.21. The minimum Gasteiger partial charge on any atom is -0.481 e. The number of benzene rings is 1. The second-order valence-corrected chi connectivity index (χ2v) is 7.78. The molecule has 0 spiro atoms. The van der Waals surface area contributed by atoms with E-state index in [9.17, 15) is 13.2 Å². The number of rotatable bonds is 8. The standard InChI is InChI=1S/C15H21ClN2O4S/c16-13-5-1-2-6-14(13)23(21,22)17-12-8-10-18(11-12)9-4-3-7-15(19)20/h1-2,5-6,12,17H,3-4,7-11H2,(H,19,20). The second-order valence-electron chi connectivity index (χ2n) is 5.69. The largest absolute Gasteiger partial charge is 0.481 e. The first-order valence-corrected chi connectivity index (χ1v) is 9.45. The molecule has 6 nitrogen and oxygen atoms in total. The zero-order valence-electron chi connectivity index (χ0n) is 12.7. The van der Waals surface area contributed by atoms with Crippen molar-refractivity contribution in [2.24, 2.45) is 0 Å². The van der Waals surface area contributed by atoms with Gasteiger partial charge in [0, 0.05) is 19.0 Å². The van der Waals surface area contributed by atoms with Crippen LogP contribution < -0.4 is 4.72 Å². The Labute approximate surface area is 141 Å². The van der Waals surface area contributed by atoms with Crippen LogP contribution in [-0.2, 0) is 14.8 Å². The van der Waals surface area contributed by atoms with E-state index in [-0.39, 0.29) is 22.4 Å². The van der Waals surface area contributed by atoms with E-state index in [0.717, 1.165) is 25.9 Å². The number of likely N-dealkylation sites (tertiary alicyclic amines) is 1. The molecule has 0 aromatic heterocycles. The van der Waals surface area contributed by atoms with Crippen LogP contribution in [0.25, 0.3) is 0 Å². The topological polar surface area (TPSA) is 86.7 Å². The molecule has 0 bridgehead atoms. The van der Waals surface area contributed by atoms with E-state index in [0.29, 0.717) is 13.0 Å². The van der Waals surface area contributed by atoms with Gasteiger partial charge >= 0.3 is 5.97 Å². The first-order chi connectivity index (χ1) is 10.9. The zero-order chi connectivity index (χ0) is 16.9. The lowest BCUT2D eigenvalue weighted by molar-refractivity contribution is -0.137. The Bertz CT molecular complexity index is 651. The molecule has 0 amide bonds. The summed E-state index contributed by atoms with van der Waals surface area (Å²) in [6.07, 6.45) is 2.36. The minimum absolute atomic E-state index is 0.0987. The summed E-state index contributed by atoms with van der Waals surface area (Å²) >= 11 is 5.96. The van der Waals surface area contributed by atoms with Crippen molar-refractivity contribution in [1.82, 2.24) is 9.62 Å². The van der Waals surface area contributed by atoms with Gasteiger partial charge in [-0.05, 0) is 44.5 Å². The Morgan fingerprint density at radius 2 is 2.09 bits per heavy atom. The van der Waals surface area contributed by atoms with Crippen molar-refractivity contribution >= 4 is 27.6 Å². The summed E-state index contributed by atoms with van der Waals surface area (Å²) in [5.41, 5.74) is 0. The van der Waals surface area contributed by atoms with Crippen LogP contribution in [0, 0.1) is 0 Å². The van der Waals surface area contributed by atoms with E-state index in [2.05, 4.69) is 9.62 Å². The summed E-state index contributed by atoms with van der Waals surface area (Å²) in [6, 6.07) is 6.23. The third kappa shape index (κ3) is 5.46. The van der Waals surface area contributed by atoms with Gasteiger partial charge in [-0.2, -0.15) is 0 Å². The maximum atomic E-state index is 12.4. The number of nitrogens with one attached hydrogen (secondary N) is 1. The SMILES string of the molecule is O=C(O)CCCCN1CCC(NS(=O)(=O)c2ccccc2Cl)C1. The molecule has 8 heteroatoms. The van der Waals surface area contributed by atoms with E-state index in [1.165, 1.54) is 6.07 Å². The number of aliphatic carboxylic acids is 1. The Kier molecular flexibility index (Phi) is 6.41. The molecule has 128 valence electrons. The van der Waals surface area contributed by atoms with Gasteiger partial charge in [0.1, 0.15) is 4.90 Å². The first kappa shape index (κ1) is 18.2. The van der Waals surface area contributed by atoms with E-state index in [1.807, 2.05) is 0 Å². The average Bonchev–Trinajstić information content (AvgIpc) is 2.90. The van der Waals surface area contributed by atoms with Crippen molar-refractivity contribution in [3.8, 4) is 0 Å². The van der Waals surface area contributed by atoms with Crippen molar-refractivity contribution < 1.29 is 18.3 Å². The van der Waals surface area contributed by atoms with Gasteiger partial charge in [0.15, 0.2) is 0 Å². The Morgan fingerprint density at radius 1 is 1.35 bits per heavy atom. The molecule has 0 radical (unpaired) electrons. The highest BCUT2D eigenvalue weighted by molar-refractivity contribution is 7.89. The smallest absolute Gasteiger partial charge is 0.303 e. The van der Waals surface area contributed by atoms with E-state index >= 15 is 0 Å². The number of carboxylic acids is 1. The van der Waals surface area contributed by atoms with Crippen LogP contribution in [0.3, 0.4) is 0 Å². The summed E-state index contributed by atoms with van der Waals surface area (Å²) in [6.45, 7) is 2.23. The number of nitrogens with zero attached hydrogens (tertiary/aromatic N) is 1. The minimum atomic E-state index is -3.62. The summed E-state index contributed by atoms with van der Waals surface area (Å²) in [4.78, 5) is 12.7. The molecular weight excluding hydrogens is 340 g/mol. The molecule has 1 aliphatic rings. The number of hydrogen-bond donors (Lipinski definition) is 2. The van der Waals surface area contributed by atoms with Gasteiger partial charge < -0.3 is 10.0 Å². The first-order valence-electron chi connectivity index (χ1n) is 7.59. The van der Waals surface area contributed by atoms with Gasteiger partial charge in [-0.15, -0.1) is 0 Å². The van der Waals surface area contributed by atoms with Crippen molar-refractivity contribution in [3.63, 3.8) is 0 Å². The van der Waals surface area contributed by atoms with Crippen molar-refractivity contribution in [1.29, 1.82) is 0 Å². The number of hydrogen-bond acceptors (Lipinski definition) is 4. The van der Waals surface area contributed by atoms with Gasteiger partial charge in [-0.3, -0.25) is 4.79 Å². The fourth-order valence-electron chi connectivity index (χ4n) is 2.69. The van der Waals surface area contributed by atoms with Gasteiger partial charge in [0.05, 0.1) is 5.02 Å². The lowest BCUT2D eigenvalue weighted by Gasteiger charge is -2.17. The van der Waals surface area contributed by atoms with Crippen LogP contribution in [0.2, 0.25) is 5.02 Å². The molecular formula is C15H21ClN2O4S. The maximum Gasteiger partial charge on any atom is 0.303 e. The average molecular weight is 361 g/mol. The van der Waals surface area contributed by atoms with Crippen LogP contribution in [0.5, 0.6) is 0 Å². The number of carbonyl (C=O) groups is 1. The summed E-state index contributed by atoms with van der Waals surface area (Å²) in [7, 11) is -3.62. The van der Waals surface area contributed by atoms with Gasteiger partial charge in [-0.1, -0.05) is 23.7 Å². The molecule has 1 unspecified atom stereocenters. The molecule has 0 saturated carbocycles. The third-order valence-electron chi connectivity index (χ3n) is 3.84. The van der Waals surface area contributed by atoms with Crippen LogP contribution in [-0.4, -0.2) is 50.1 Å². The highest BCUT2D eigenvalue weighted by Gasteiger charge is 2.27. The number of sulfonamides is 1. The van der Waals surface area contributed by atoms with Crippen LogP contribution in [0.4, 0.5) is 0 Å². The molecule has 0 aliphatic carbocycles. The van der Waals surface area contributed by atoms with Crippen molar-refractivity contribution in [3.05, 3.63) is 29.3 Å². The van der Waals surface area contributed by atoms with Gasteiger partial charge in [-0.25, -0.2) is 13.1 Å². The summed E-state index contributed by atoms with van der Waals surface area (Å²) < 4.78 is 27.4. The molecule has 1 heterocycles. The molecule has 1 aliphatic heterocycles. The van der Waals surface area contributed by atoms with Crippen molar-refractivity contribution in [2.75, 3.05) is 19.6 Å². The second kappa shape index (κ2) is 8.10. The lowest BCUT2D eigenvalue weighted by Crippen LogP contribution is -2.37. The predicted molar refractivity (Wildman–Crippen MR) is 88.1 cm³/mol. The summed E-state index contributed by atoms with van der Waals surface area (Å²) in [5, 5.41) is 8.82. The Balaban J connectivity index is 1.83. The molecule has 1 aromatic rings. The van der Waals surface area contributed by atoms with E-state index in [4.69, 9.17) is 16.7 Å². The molecule has 2 rings (SSSR count). The number of unbranched alkanes of at least 4 members (excludes halogenated alkanes) is 1.